The first kappa shape index (κ1) is 15.8. The summed E-state index contributed by atoms with van der Waals surface area (Å²) in [6.45, 7) is 7.50. The van der Waals surface area contributed by atoms with Crippen molar-refractivity contribution in [3.8, 4) is 0 Å². The summed E-state index contributed by atoms with van der Waals surface area (Å²) in [5.41, 5.74) is -1.70. The molecule has 1 rings (SSSR count). The number of aliphatic carboxylic acids is 1. The molecule has 0 atom stereocenters. The smallest absolute Gasteiger partial charge is 0.411 e. The van der Waals surface area contributed by atoms with Crippen LogP contribution in [0.2, 0.25) is 0 Å². The Morgan fingerprint density at radius 2 is 1.74 bits per heavy atom. The van der Waals surface area contributed by atoms with E-state index in [0.29, 0.717) is 19.4 Å². The molecule has 0 aromatic carbocycles. The maximum atomic E-state index is 12.2. The molecule has 1 fully saturated rings. The van der Waals surface area contributed by atoms with E-state index >= 15 is 0 Å². The van der Waals surface area contributed by atoms with Crippen molar-refractivity contribution in [2.45, 2.75) is 70.9 Å². The third-order valence-electron chi connectivity index (χ3n) is 3.53. The molecule has 0 aromatic heterocycles. The zero-order chi connectivity index (χ0) is 14.7. The van der Waals surface area contributed by atoms with Gasteiger partial charge in [0.25, 0.3) is 0 Å². The van der Waals surface area contributed by atoms with Gasteiger partial charge in [0.2, 0.25) is 0 Å². The second-order valence-electron chi connectivity index (χ2n) is 6.12. The van der Waals surface area contributed by atoms with Crippen molar-refractivity contribution in [2.75, 3.05) is 6.54 Å². The van der Waals surface area contributed by atoms with Crippen LogP contribution in [-0.4, -0.2) is 39.8 Å². The Morgan fingerprint density at radius 3 is 2.11 bits per heavy atom. The molecule has 0 spiro atoms. The van der Waals surface area contributed by atoms with Gasteiger partial charge in [0, 0.05) is 6.54 Å². The van der Waals surface area contributed by atoms with Gasteiger partial charge in [-0.05, 0) is 40.5 Å². The second kappa shape index (κ2) is 5.80. The van der Waals surface area contributed by atoms with E-state index in [1.165, 1.54) is 4.90 Å². The summed E-state index contributed by atoms with van der Waals surface area (Å²) in [6, 6.07) is 0. The Morgan fingerprint density at radius 1 is 1.21 bits per heavy atom. The van der Waals surface area contributed by atoms with E-state index in [0.717, 1.165) is 19.3 Å². The Balaban J connectivity index is 2.97. The number of amides is 1. The normalized spacial score (nSPS) is 18.7. The minimum atomic E-state index is -1.09. The predicted octanol–water partition coefficient (Wildman–Crippen LogP) is 3.03. The van der Waals surface area contributed by atoms with Crippen LogP contribution in [0.5, 0.6) is 0 Å². The average molecular weight is 271 g/mol. The molecule has 0 radical (unpaired) electrons. The summed E-state index contributed by atoms with van der Waals surface area (Å²) in [5.74, 6) is -0.917. The molecule has 0 heterocycles. The standard InChI is InChI=1S/C14H25NO4/c1-5-15(12(18)19-13(2,3)4)14(11(16)17)9-7-6-8-10-14/h5-10H2,1-4H3,(H,16,17). The first-order valence-electron chi connectivity index (χ1n) is 6.97. The molecule has 1 saturated carbocycles. The lowest BCUT2D eigenvalue weighted by atomic mass is 9.80. The summed E-state index contributed by atoms with van der Waals surface area (Å²) >= 11 is 0. The van der Waals surface area contributed by atoms with E-state index in [2.05, 4.69) is 0 Å². The molecular formula is C14H25NO4. The molecule has 1 aliphatic carbocycles. The number of rotatable bonds is 3. The van der Waals surface area contributed by atoms with Crippen molar-refractivity contribution < 1.29 is 19.4 Å². The molecule has 0 aromatic rings. The fourth-order valence-corrected chi connectivity index (χ4v) is 2.66. The molecular weight excluding hydrogens is 246 g/mol. The van der Waals surface area contributed by atoms with Crippen LogP contribution in [0.25, 0.3) is 0 Å². The molecule has 0 unspecified atom stereocenters. The number of carboxylic acid groups (broad SMARTS) is 1. The van der Waals surface area contributed by atoms with Crippen LogP contribution in [0.4, 0.5) is 4.79 Å². The molecule has 1 aliphatic rings. The molecule has 0 bridgehead atoms. The van der Waals surface area contributed by atoms with Crippen molar-refractivity contribution in [3.05, 3.63) is 0 Å². The Bertz CT molecular complexity index is 340. The summed E-state index contributed by atoms with van der Waals surface area (Å²) in [4.78, 5) is 25.3. The first-order chi connectivity index (χ1) is 8.73. The van der Waals surface area contributed by atoms with Gasteiger partial charge >= 0.3 is 12.1 Å². The molecule has 1 amide bonds. The van der Waals surface area contributed by atoms with Gasteiger partial charge in [-0.2, -0.15) is 0 Å². The summed E-state index contributed by atoms with van der Waals surface area (Å²) in [6.07, 6.45) is 3.20. The number of likely N-dealkylation sites (N-methyl/N-ethyl adjacent to an activating group) is 1. The zero-order valence-electron chi connectivity index (χ0n) is 12.4. The van der Waals surface area contributed by atoms with Gasteiger partial charge in [0.15, 0.2) is 0 Å². The van der Waals surface area contributed by atoms with Gasteiger partial charge in [-0.3, -0.25) is 4.90 Å². The molecule has 0 aliphatic heterocycles. The maximum absolute atomic E-state index is 12.2. The zero-order valence-corrected chi connectivity index (χ0v) is 12.4. The van der Waals surface area contributed by atoms with E-state index in [4.69, 9.17) is 4.74 Å². The van der Waals surface area contributed by atoms with Crippen LogP contribution in [-0.2, 0) is 9.53 Å². The van der Waals surface area contributed by atoms with Crippen LogP contribution < -0.4 is 0 Å². The van der Waals surface area contributed by atoms with Gasteiger partial charge < -0.3 is 9.84 Å². The van der Waals surface area contributed by atoms with Crippen molar-refractivity contribution in [1.82, 2.24) is 4.90 Å². The average Bonchev–Trinajstić information content (AvgIpc) is 2.28. The highest BCUT2D eigenvalue weighted by Gasteiger charge is 2.47. The number of hydrogen-bond donors (Lipinski definition) is 1. The number of carbonyl (C=O) groups excluding carboxylic acids is 1. The number of carboxylic acids is 1. The number of carbonyl (C=O) groups is 2. The SMILES string of the molecule is CCN(C(=O)OC(C)(C)C)C1(C(=O)O)CCCCC1. The highest BCUT2D eigenvalue weighted by molar-refractivity contribution is 5.84. The Kier molecular flexibility index (Phi) is 4.82. The maximum Gasteiger partial charge on any atom is 0.411 e. The van der Waals surface area contributed by atoms with Crippen molar-refractivity contribution >= 4 is 12.1 Å². The fraction of sp³-hybridized carbons (Fsp3) is 0.857. The molecule has 5 nitrogen and oxygen atoms in total. The Hall–Kier alpha value is -1.26. The van der Waals surface area contributed by atoms with Crippen molar-refractivity contribution in [1.29, 1.82) is 0 Å². The minimum Gasteiger partial charge on any atom is -0.479 e. The van der Waals surface area contributed by atoms with E-state index < -0.39 is 23.2 Å². The van der Waals surface area contributed by atoms with Crippen LogP contribution in [0.1, 0.15) is 59.8 Å². The second-order valence-corrected chi connectivity index (χ2v) is 6.12. The van der Waals surface area contributed by atoms with E-state index in [9.17, 15) is 14.7 Å². The third kappa shape index (κ3) is 3.61. The van der Waals surface area contributed by atoms with Gasteiger partial charge in [0.1, 0.15) is 11.1 Å². The lowest BCUT2D eigenvalue weighted by molar-refractivity contribution is -0.153. The summed E-state index contributed by atoms with van der Waals surface area (Å²) in [5, 5.41) is 9.59. The van der Waals surface area contributed by atoms with E-state index in [1.54, 1.807) is 27.7 Å². The van der Waals surface area contributed by atoms with Crippen LogP contribution >= 0.6 is 0 Å². The van der Waals surface area contributed by atoms with Crippen molar-refractivity contribution in [3.63, 3.8) is 0 Å². The molecule has 19 heavy (non-hydrogen) atoms. The molecule has 5 heteroatoms. The van der Waals surface area contributed by atoms with Gasteiger partial charge in [0.05, 0.1) is 0 Å². The monoisotopic (exact) mass is 271 g/mol. The quantitative estimate of drug-likeness (QED) is 0.856. The number of ether oxygens (including phenoxy) is 1. The van der Waals surface area contributed by atoms with Crippen molar-refractivity contribution in [2.24, 2.45) is 0 Å². The number of hydrogen-bond acceptors (Lipinski definition) is 3. The highest BCUT2D eigenvalue weighted by atomic mass is 16.6. The topological polar surface area (TPSA) is 66.8 Å². The lowest BCUT2D eigenvalue weighted by Crippen LogP contribution is -2.58. The summed E-state index contributed by atoms with van der Waals surface area (Å²) < 4.78 is 5.34. The minimum absolute atomic E-state index is 0.348. The Labute approximate surface area is 114 Å². The lowest BCUT2D eigenvalue weighted by Gasteiger charge is -2.42. The van der Waals surface area contributed by atoms with E-state index in [-0.39, 0.29) is 0 Å². The first-order valence-corrected chi connectivity index (χ1v) is 6.97. The molecule has 0 saturated heterocycles. The van der Waals surface area contributed by atoms with Gasteiger partial charge in [-0.1, -0.05) is 19.3 Å². The van der Waals surface area contributed by atoms with Crippen LogP contribution in [0, 0.1) is 0 Å². The molecule has 110 valence electrons. The largest absolute Gasteiger partial charge is 0.479 e. The number of nitrogens with zero attached hydrogens (tertiary/aromatic N) is 1. The summed E-state index contributed by atoms with van der Waals surface area (Å²) in [7, 11) is 0. The highest BCUT2D eigenvalue weighted by Crippen LogP contribution is 2.35. The predicted molar refractivity (Wildman–Crippen MR) is 72.1 cm³/mol. The van der Waals surface area contributed by atoms with E-state index in [1.807, 2.05) is 0 Å². The van der Waals surface area contributed by atoms with Gasteiger partial charge in [-0.25, -0.2) is 9.59 Å². The molecule has 1 N–H and O–H groups in total. The van der Waals surface area contributed by atoms with Gasteiger partial charge in [-0.15, -0.1) is 0 Å². The van der Waals surface area contributed by atoms with Crippen LogP contribution in [0.15, 0.2) is 0 Å². The fourth-order valence-electron chi connectivity index (χ4n) is 2.66. The third-order valence-corrected chi connectivity index (χ3v) is 3.53. The van der Waals surface area contributed by atoms with Crippen LogP contribution in [0.3, 0.4) is 0 Å².